The van der Waals surface area contributed by atoms with E-state index in [1.54, 1.807) is 0 Å². The van der Waals surface area contributed by atoms with Crippen molar-refractivity contribution in [3.63, 3.8) is 0 Å². The van der Waals surface area contributed by atoms with Gasteiger partial charge in [0.2, 0.25) is 0 Å². The summed E-state index contributed by atoms with van der Waals surface area (Å²) in [5.74, 6) is -0.405. The van der Waals surface area contributed by atoms with Gasteiger partial charge < -0.3 is 9.84 Å². The molecule has 19 heavy (non-hydrogen) atoms. The molecule has 4 nitrogen and oxygen atoms in total. The first-order valence-electron chi connectivity index (χ1n) is 7.74. The molecule has 1 saturated carbocycles. The first-order valence-corrected chi connectivity index (χ1v) is 7.74. The third kappa shape index (κ3) is 2.52. The summed E-state index contributed by atoms with van der Waals surface area (Å²) in [7, 11) is 0. The van der Waals surface area contributed by atoms with E-state index >= 15 is 0 Å². The first-order chi connectivity index (χ1) is 9.10. The largest absolute Gasteiger partial charge is 0.480 e. The summed E-state index contributed by atoms with van der Waals surface area (Å²) in [6.07, 6.45) is 8.55. The van der Waals surface area contributed by atoms with Crippen molar-refractivity contribution in [3.05, 3.63) is 0 Å². The molecule has 3 aliphatic rings. The van der Waals surface area contributed by atoms with Gasteiger partial charge in [-0.1, -0.05) is 19.8 Å². The number of carboxylic acid groups (broad SMARTS) is 1. The highest BCUT2D eigenvalue weighted by Crippen LogP contribution is 2.43. The highest BCUT2D eigenvalue weighted by atomic mass is 16.5. The summed E-state index contributed by atoms with van der Waals surface area (Å²) in [4.78, 5) is 13.5. The number of nitrogens with zero attached hydrogens (tertiary/aromatic N) is 1. The minimum atomic E-state index is -0.668. The Morgan fingerprint density at radius 1 is 1.32 bits per heavy atom. The van der Waals surface area contributed by atoms with Gasteiger partial charge in [0.1, 0.15) is 6.04 Å². The van der Waals surface area contributed by atoms with Crippen molar-refractivity contribution in [1.82, 2.24) is 4.90 Å². The molecular weight excluding hydrogens is 242 g/mol. The highest BCUT2D eigenvalue weighted by Gasteiger charge is 2.44. The molecule has 0 bridgehead atoms. The van der Waals surface area contributed by atoms with E-state index in [1.165, 1.54) is 32.1 Å². The van der Waals surface area contributed by atoms with Gasteiger partial charge in [0.25, 0.3) is 0 Å². The van der Waals surface area contributed by atoms with Crippen LogP contribution in [0.15, 0.2) is 0 Å². The Morgan fingerprint density at radius 3 is 2.74 bits per heavy atom. The Kier molecular flexibility index (Phi) is 3.56. The second-order valence-corrected chi connectivity index (χ2v) is 6.71. The quantitative estimate of drug-likeness (QED) is 0.852. The summed E-state index contributed by atoms with van der Waals surface area (Å²) < 4.78 is 6.30. The van der Waals surface area contributed by atoms with Crippen LogP contribution >= 0.6 is 0 Å². The minimum Gasteiger partial charge on any atom is -0.480 e. The molecule has 2 heterocycles. The molecule has 4 heteroatoms. The maximum Gasteiger partial charge on any atom is 0.321 e. The first kappa shape index (κ1) is 13.4. The third-order valence-electron chi connectivity index (χ3n) is 5.35. The number of hydrogen-bond acceptors (Lipinski definition) is 3. The van der Waals surface area contributed by atoms with Gasteiger partial charge in [-0.2, -0.15) is 0 Å². The van der Waals surface area contributed by atoms with Gasteiger partial charge in [0, 0.05) is 6.54 Å². The summed E-state index contributed by atoms with van der Waals surface area (Å²) in [6.45, 7) is 3.76. The second kappa shape index (κ2) is 5.06. The maximum absolute atomic E-state index is 11.4. The van der Waals surface area contributed by atoms with Crippen LogP contribution in [0.2, 0.25) is 0 Å². The Hall–Kier alpha value is -0.610. The molecule has 0 aromatic heterocycles. The van der Waals surface area contributed by atoms with Gasteiger partial charge in [-0.3, -0.25) is 9.69 Å². The number of carbonyl (C=O) groups is 1. The Balaban J connectivity index is 1.58. The number of hydrogen-bond donors (Lipinski definition) is 1. The van der Waals surface area contributed by atoms with E-state index in [-0.39, 0.29) is 23.7 Å². The molecule has 2 aliphatic heterocycles. The average Bonchev–Trinajstić information content (AvgIpc) is 3.04. The number of likely N-dealkylation sites (tertiary alicyclic amines) is 1. The fourth-order valence-corrected chi connectivity index (χ4v) is 4.30. The smallest absolute Gasteiger partial charge is 0.321 e. The van der Waals surface area contributed by atoms with Crippen molar-refractivity contribution in [2.24, 2.45) is 5.92 Å². The predicted molar refractivity (Wildman–Crippen MR) is 72.1 cm³/mol. The predicted octanol–water partition coefficient (Wildman–Crippen LogP) is 2.27. The van der Waals surface area contributed by atoms with Crippen LogP contribution in [0.5, 0.6) is 0 Å². The van der Waals surface area contributed by atoms with Crippen molar-refractivity contribution in [3.8, 4) is 0 Å². The Bertz CT molecular complexity index is 351. The molecule has 0 amide bonds. The van der Waals surface area contributed by atoms with E-state index in [1.807, 2.05) is 6.92 Å². The molecule has 3 fully saturated rings. The molecule has 1 aliphatic carbocycles. The molecule has 3 unspecified atom stereocenters. The second-order valence-electron chi connectivity index (χ2n) is 6.71. The number of carboxylic acids is 1. The van der Waals surface area contributed by atoms with Gasteiger partial charge in [0.05, 0.1) is 11.7 Å². The fraction of sp³-hybridized carbons (Fsp3) is 0.933. The van der Waals surface area contributed by atoms with E-state index in [9.17, 15) is 9.90 Å². The fourth-order valence-electron chi connectivity index (χ4n) is 4.30. The average molecular weight is 267 g/mol. The normalized spacial score (nSPS) is 38.3. The van der Waals surface area contributed by atoms with Gasteiger partial charge in [-0.25, -0.2) is 0 Å². The van der Waals surface area contributed by atoms with Crippen molar-refractivity contribution in [2.45, 2.75) is 69.6 Å². The van der Waals surface area contributed by atoms with Crippen LogP contribution in [0, 0.1) is 5.92 Å². The SMILES string of the molecule is CC1CCN(CC2CCC3(CCCC3)O2)C1C(=O)O. The molecule has 108 valence electrons. The molecule has 1 N–H and O–H groups in total. The Labute approximate surface area is 115 Å². The topological polar surface area (TPSA) is 49.8 Å². The third-order valence-corrected chi connectivity index (χ3v) is 5.35. The van der Waals surface area contributed by atoms with Crippen LogP contribution in [0.4, 0.5) is 0 Å². The summed E-state index contributed by atoms with van der Waals surface area (Å²) >= 11 is 0. The zero-order valence-corrected chi connectivity index (χ0v) is 11.8. The maximum atomic E-state index is 11.4. The van der Waals surface area contributed by atoms with E-state index in [2.05, 4.69) is 4.90 Å². The van der Waals surface area contributed by atoms with Gasteiger partial charge in [0.15, 0.2) is 0 Å². The number of rotatable bonds is 3. The molecular formula is C15H25NO3. The van der Waals surface area contributed by atoms with Crippen LogP contribution in [0.3, 0.4) is 0 Å². The molecule has 2 saturated heterocycles. The molecule has 0 radical (unpaired) electrons. The van der Waals surface area contributed by atoms with Gasteiger partial charge >= 0.3 is 5.97 Å². The zero-order chi connectivity index (χ0) is 13.5. The van der Waals surface area contributed by atoms with Crippen LogP contribution in [0.1, 0.15) is 51.9 Å². The van der Waals surface area contributed by atoms with Crippen LogP contribution < -0.4 is 0 Å². The van der Waals surface area contributed by atoms with E-state index in [0.717, 1.165) is 25.9 Å². The van der Waals surface area contributed by atoms with E-state index in [0.29, 0.717) is 0 Å². The molecule has 1 spiro atoms. The Morgan fingerprint density at radius 2 is 2.05 bits per heavy atom. The van der Waals surface area contributed by atoms with Crippen LogP contribution in [-0.2, 0) is 9.53 Å². The lowest BCUT2D eigenvalue weighted by Gasteiger charge is -2.28. The molecule has 3 rings (SSSR count). The van der Waals surface area contributed by atoms with Crippen LogP contribution in [0.25, 0.3) is 0 Å². The summed E-state index contributed by atoms with van der Waals surface area (Å²) in [5.41, 5.74) is 0.161. The number of ether oxygens (including phenoxy) is 1. The zero-order valence-electron chi connectivity index (χ0n) is 11.8. The van der Waals surface area contributed by atoms with Crippen molar-refractivity contribution in [2.75, 3.05) is 13.1 Å². The molecule has 0 aromatic carbocycles. The van der Waals surface area contributed by atoms with Crippen molar-refractivity contribution in [1.29, 1.82) is 0 Å². The lowest BCUT2D eigenvalue weighted by Crippen LogP contribution is -2.43. The minimum absolute atomic E-state index is 0.161. The monoisotopic (exact) mass is 267 g/mol. The van der Waals surface area contributed by atoms with Gasteiger partial charge in [-0.15, -0.1) is 0 Å². The number of aliphatic carboxylic acids is 1. The summed E-state index contributed by atoms with van der Waals surface area (Å²) in [6, 6.07) is -0.302. The lowest BCUT2D eigenvalue weighted by molar-refractivity contribution is -0.144. The highest BCUT2D eigenvalue weighted by molar-refractivity contribution is 5.74. The van der Waals surface area contributed by atoms with Crippen molar-refractivity contribution < 1.29 is 14.6 Å². The summed E-state index contributed by atoms with van der Waals surface area (Å²) in [5, 5.41) is 9.35. The van der Waals surface area contributed by atoms with Crippen molar-refractivity contribution >= 4 is 5.97 Å². The van der Waals surface area contributed by atoms with Crippen LogP contribution in [-0.4, -0.2) is 46.8 Å². The van der Waals surface area contributed by atoms with Gasteiger partial charge in [-0.05, 0) is 44.6 Å². The molecule has 0 aromatic rings. The van der Waals surface area contributed by atoms with E-state index < -0.39 is 5.97 Å². The lowest BCUT2D eigenvalue weighted by atomic mass is 9.98. The molecule has 3 atom stereocenters. The van der Waals surface area contributed by atoms with E-state index in [4.69, 9.17) is 4.74 Å². The standard InChI is InChI=1S/C15H25NO3/c1-11-5-9-16(13(11)14(17)18)10-12-4-8-15(19-12)6-2-3-7-15/h11-13H,2-10H2,1H3,(H,17,18).